The summed E-state index contributed by atoms with van der Waals surface area (Å²) in [5.41, 5.74) is 0. The number of carboxylic acids is 1. The van der Waals surface area contributed by atoms with E-state index in [2.05, 4.69) is 12.2 Å². The molecular formula is C11H13NO3S. The van der Waals surface area contributed by atoms with Crippen molar-refractivity contribution >= 4 is 23.2 Å². The van der Waals surface area contributed by atoms with E-state index in [1.54, 1.807) is 6.07 Å². The van der Waals surface area contributed by atoms with Crippen LogP contribution in [0.4, 0.5) is 0 Å². The molecule has 0 aromatic carbocycles. The highest BCUT2D eigenvalue weighted by Gasteiger charge is 2.27. The number of carbonyl (C=O) groups excluding carboxylic acids is 1. The molecule has 86 valence electrons. The number of carboxylic acid groups (broad SMARTS) is 1. The summed E-state index contributed by atoms with van der Waals surface area (Å²) in [6.07, 6.45) is 2.03. The van der Waals surface area contributed by atoms with Crippen LogP contribution in [-0.4, -0.2) is 23.0 Å². The van der Waals surface area contributed by atoms with Gasteiger partial charge in [-0.05, 0) is 30.9 Å². The first-order chi connectivity index (χ1) is 7.56. The van der Waals surface area contributed by atoms with Crippen molar-refractivity contribution in [2.24, 2.45) is 5.92 Å². The zero-order valence-corrected chi connectivity index (χ0v) is 9.71. The maximum absolute atomic E-state index is 11.7. The highest BCUT2D eigenvalue weighted by atomic mass is 32.1. The number of aromatic carboxylic acids is 1. The summed E-state index contributed by atoms with van der Waals surface area (Å²) in [4.78, 5) is 23.0. The second kappa shape index (κ2) is 4.25. The Balaban J connectivity index is 1.95. The van der Waals surface area contributed by atoms with E-state index in [4.69, 9.17) is 5.11 Å². The monoisotopic (exact) mass is 239 g/mol. The number of hydrogen-bond acceptors (Lipinski definition) is 3. The van der Waals surface area contributed by atoms with Gasteiger partial charge >= 0.3 is 5.97 Å². The van der Waals surface area contributed by atoms with Crippen LogP contribution in [0.3, 0.4) is 0 Å². The molecule has 4 nitrogen and oxygen atoms in total. The molecule has 0 saturated heterocycles. The van der Waals surface area contributed by atoms with E-state index in [1.807, 2.05) is 0 Å². The molecule has 1 amide bonds. The smallest absolute Gasteiger partial charge is 0.345 e. The van der Waals surface area contributed by atoms with Crippen LogP contribution in [0.2, 0.25) is 0 Å². The Hall–Kier alpha value is -1.36. The van der Waals surface area contributed by atoms with Gasteiger partial charge in [0, 0.05) is 6.04 Å². The molecule has 1 heterocycles. The standard InChI is InChI=1S/C11H13NO3S/c1-6-4-7(5-6)12-10(13)8-2-3-9(16-8)11(14)15/h2-3,6-7H,4-5H2,1H3,(H,12,13)(H,14,15). The SMILES string of the molecule is CC1CC(NC(=O)c2ccc(C(=O)O)s2)C1. The van der Waals surface area contributed by atoms with Crippen molar-refractivity contribution in [3.63, 3.8) is 0 Å². The summed E-state index contributed by atoms with van der Waals surface area (Å²) in [6.45, 7) is 2.15. The van der Waals surface area contributed by atoms with Crippen LogP contribution in [0, 0.1) is 5.92 Å². The highest BCUT2D eigenvalue weighted by Crippen LogP contribution is 2.27. The average molecular weight is 239 g/mol. The normalized spacial score (nSPS) is 23.6. The van der Waals surface area contributed by atoms with Gasteiger partial charge in [0.2, 0.25) is 0 Å². The Morgan fingerprint density at radius 3 is 2.50 bits per heavy atom. The fourth-order valence-corrected chi connectivity index (χ4v) is 2.60. The van der Waals surface area contributed by atoms with Gasteiger partial charge in [0.15, 0.2) is 0 Å². The lowest BCUT2D eigenvalue weighted by Gasteiger charge is -2.33. The van der Waals surface area contributed by atoms with Crippen molar-refractivity contribution in [1.29, 1.82) is 0 Å². The number of nitrogens with one attached hydrogen (secondary N) is 1. The fourth-order valence-electron chi connectivity index (χ4n) is 1.85. The van der Waals surface area contributed by atoms with E-state index in [1.165, 1.54) is 6.07 Å². The van der Waals surface area contributed by atoms with Crippen molar-refractivity contribution in [3.05, 3.63) is 21.9 Å². The summed E-state index contributed by atoms with van der Waals surface area (Å²) in [7, 11) is 0. The molecule has 0 spiro atoms. The van der Waals surface area contributed by atoms with Crippen LogP contribution in [0.1, 0.15) is 39.1 Å². The Kier molecular flexibility index (Phi) is 2.96. The van der Waals surface area contributed by atoms with Crippen LogP contribution in [0.5, 0.6) is 0 Å². The van der Waals surface area contributed by atoms with Crippen LogP contribution in [0.15, 0.2) is 12.1 Å². The maximum Gasteiger partial charge on any atom is 0.345 e. The molecule has 2 rings (SSSR count). The van der Waals surface area contributed by atoms with E-state index in [-0.39, 0.29) is 16.8 Å². The van der Waals surface area contributed by atoms with Gasteiger partial charge in [-0.25, -0.2) is 4.79 Å². The molecule has 1 aromatic rings. The lowest BCUT2D eigenvalue weighted by molar-refractivity contribution is 0.0702. The zero-order valence-electron chi connectivity index (χ0n) is 8.90. The van der Waals surface area contributed by atoms with E-state index >= 15 is 0 Å². The Labute approximate surface area is 97.3 Å². The molecule has 1 aliphatic rings. The number of amides is 1. The molecule has 0 aliphatic heterocycles. The summed E-state index contributed by atoms with van der Waals surface area (Å²) < 4.78 is 0. The summed E-state index contributed by atoms with van der Waals surface area (Å²) in [5, 5.41) is 11.6. The molecule has 1 fully saturated rings. The number of carbonyl (C=O) groups is 2. The number of thiophene rings is 1. The maximum atomic E-state index is 11.7. The second-order valence-corrected chi connectivity index (χ2v) is 5.30. The first-order valence-corrected chi connectivity index (χ1v) is 6.02. The first kappa shape index (κ1) is 11.1. The van der Waals surface area contributed by atoms with Crippen LogP contribution < -0.4 is 5.32 Å². The Morgan fingerprint density at radius 2 is 2.00 bits per heavy atom. The van der Waals surface area contributed by atoms with Crippen LogP contribution >= 0.6 is 11.3 Å². The third kappa shape index (κ3) is 2.24. The molecule has 0 unspecified atom stereocenters. The Morgan fingerprint density at radius 1 is 1.38 bits per heavy atom. The van der Waals surface area contributed by atoms with Crippen molar-refractivity contribution in [1.82, 2.24) is 5.32 Å². The van der Waals surface area contributed by atoms with Gasteiger partial charge in [-0.1, -0.05) is 6.92 Å². The summed E-state index contributed by atoms with van der Waals surface area (Å²) in [5.74, 6) is -0.459. The van der Waals surface area contributed by atoms with Gasteiger partial charge in [-0.2, -0.15) is 0 Å². The zero-order chi connectivity index (χ0) is 11.7. The first-order valence-electron chi connectivity index (χ1n) is 5.20. The predicted octanol–water partition coefficient (Wildman–Crippen LogP) is 1.97. The lowest BCUT2D eigenvalue weighted by Crippen LogP contribution is -2.43. The summed E-state index contributed by atoms with van der Waals surface area (Å²) in [6, 6.07) is 3.29. The quantitative estimate of drug-likeness (QED) is 0.847. The third-order valence-electron chi connectivity index (χ3n) is 2.75. The minimum Gasteiger partial charge on any atom is -0.477 e. The predicted molar refractivity (Wildman–Crippen MR) is 60.9 cm³/mol. The van der Waals surface area contributed by atoms with Gasteiger partial charge < -0.3 is 10.4 Å². The molecule has 0 radical (unpaired) electrons. The molecule has 0 bridgehead atoms. The largest absolute Gasteiger partial charge is 0.477 e. The molecular weight excluding hydrogens is 226 g/mol. The minimum absolute atomic E-state index is 0.158. The van der Waals surface area contributed by atoms with Gasteiger partial charge in [0.25, 0.3) is 5.91 Å². The fraction of sp³-hybridized carbons (Fsp3) is 0.455. The second-order valence-electron chi connectivity index (χ2n) is 4.22. The number of rotatable bonds is 3. The van der Waals surface area contributed by atoms with Crippen molar-refractivity contribution in [3.8, 4) is 0 Å². The van der Waals surface area contributed by atoms with Crippen molar-refractivity contribution in [2.45, 2.75) is 25.8 Å². The third-order valence-corrected chi connectivity index (χ3v) is 3.82. The molecule has 2 N–H and O–H groups in total. The van der Waals surface area contributed by atoms with Gasteiger partial charge in [-0.3, -0.25) is 4.79 Å². The van der Waals surface area contributed by atoms with Crippen molar-refractivity contribution in [2.75, 3.05) is 0 Å². The molecule has 1 aromatic heterocycles. The molecule has 16 heavy (non-hydrogen) atoms. The number of hydrogen-bond donors (Lipinski definition) is 2. The summed E-state index contributed by atoms with van der Waals surface area (Å²) >= 11 is 1.01. The van der Waals surface area contributed by atoms with E-state index in [0.29, 0.717) is 10.8 Å². The lowest BCUT2D eigenvalue weighted by atomic mass is 9.82. The van der Waals surface area contributed by atoms with E-state index < -0.39 is 5.97 Å². The van der Waals surface area contributed by atoms with Crippen molar-refractivity contribution < 1.29 is 14.7 Å². The molecule has 1 saturated carbocycles. The average Bonchev–Trinajstić information content (AvgIpc) is 2.63. The molecule has 0 atom stereocenters. The van der Waals surface area contributed by atoms with Crippen LogP contribution in [0.25, 0.3) is 0 Å². The van der Waals surface area contributed by atoms with Gasteiger partial charge in [0.1, 0.15) is 4.88 Å². The topological polar surface area (TPSA) is 66.4 Å². The van der Waals surface area contributed by atoms with Gasteiger partial charge in [-0.15, -0.1) is 11.3 Å². The molecule has 5 heteroatoms. The minimum atomic E-state index is -0.985. The van der Waals surface area contributed by atoms with E-state index in [9.17, 15) is 9.59 Å². The Bertz CT molecular complexity index is 421. The van der Waals surface area contributed by atoms with Gasteiger partial charge in [0.05, 0.1) is 4.88 Å². The van der Waals surface area contributed by atoms with Crippen LogP contribution in [-0.2, 0) is 0 Å². The molecule has 1 aliphatic carbocycles. The highest BCUT2D eigenvalue weighted by molar-refractivity contribution is 7.15. The van der Waals surface area contributed by atoms with E-state index in [0.717, 1.165) is 24.2 Å².